The lowest BCUT2D eigenvalue weighted by Gasteiger charge is -2.27. The molecule has 2 heterocycles. The van der Waals surface area contributed by atoms with Gasteiger partial charge in [-0.1, -0.05) is 23.2 Å². The SMILES string of the molecule is O=C(Nc1cc(Cl)cc(Cl)c1)C1CCCN1C(=O)c1ccc(N2CCCCC2=O)cc1. The fourth-order valence-electron chi connectivity index (χ4n) is 4.16. The Balaban J connectivity index is 1.46. The summed E-state index contributed by atoms with van der Waals surface area (Å²) in [6.07, 6.45) is 3.80. The van der Waals surface area contributed by atoms with Crippen molar-refractivity contribution in [1.82, 2.24) is 4.90 Å². The Bertz CT molecular complexity index is 989. The number of hydrogen-bond acceptors (Lipinski definition) is 3. The molecule has 0 aliphatic carbocycles. The van der Waals surface area contributed by atoms with E-state index in [1.807, 2.05) is 0 Å². The highest BCUT2D eigenvalue weighted by molar-refractivity contribution is 6.35. The topological polar surface area (TPSA) is 69.7 Å². The Kier molecular flexibility index (Phi) is 6.49. The molecular weight excluding hydrogens is 437 g/mol. The second-order valence-corrected chi connectivity index (χ2v) is 8.73. The van der Waals surface area contributed by atoms with Crippen molar-refractivity contribution in [2.24, 2.45) is 0 Å². The quantitative estimate of drug-likeness (QED) is 0.716. The van der Waals surface area contributed by atoms with E-state index < -0.39 is 6.04 Å². The lowest BCUT2D eigenvalue weighted by atomic mass is 10.1. The average molecular weight is 460 g/mol. The van der Waals surface area contributed by atoms with Gasteiger partial charge in [0.2, 0.25) is 11.8 Å². The minimum atomic E-state index is -0.561. The smallest absolute Gasteiger partial charge is 0.254 e. The molecule has 2 aliphatic rings. The summed E-state index contributed by atoms with van der Waals surface area (Å²) in [6.45, 7) is 1.22. The second kappa shape index (κ2) is 9.28. The number of hydrogen-bond donors (Lipinski definition) is 1. The minimum Gasteiger partial charge on any atom is -0.327 e. The van der Waals surface area contributed by atoms with Crippen LogP contribution in [-0.2, 0) is 9.59 Å². The largest absolute Gasteiger partial charge is 0.327 e. The first-order chi connectivity index (χ1) is 14.9. The maximum Gasteiger partial charge on any atom is 0.254 e. The van der Waals surface area contributed by atoms with Crippen molar-refractivity contribution in [2.45, 2.75) is 38.1 Å². The third kappa shape index (κ3) is 4.86. The molecule has 2 aliphatic heterocycles. The fourth-order valence-corrected chi connectivity index (χ4v) is 4.69. The van der Waals surface area contributed by atoms with Crippen LogP contribution < -0.4 is 10.2 Å². The minimum absolute atomic E-state index is 0.114. The van der Waals surface area contributed by atoms with Crippen molar-refractivity contribution < 1.29 is 14.4 Å². The van der Waals surface area contributed by atoms with Crippen molar-refractivity contribution in [3.8, 4) is 0 Å². The molecule has 8 heteroatoms. The van der Waals surface area contributed by atoms with E-state index in [-0.39, 0.29) is 17.7 Å². The average Bonchev–Trinajstić information content (AvgIpc) is 3.23. The van der Waals surface area contributed by atoms with Crippen molar-refractivity contribution in [3.63, 3.8) is 0 Å². The molecule has 1 atom stereocenters. The van der Waals surface area contributed by atoms with E-state index in [1.54, 1.807) is 52.3 Å². The van der Waals surface area contributed by atoms with Gasteiger partial charge in [0, 0.05) is 46.5 Å². The van der Waals surface area contributed by atoms with Crippen LogP contribution >= 0.6 is 23.2 Å². The molecule has 4 rings (SSSR count). The lowest BCUT2D eigenvalue weighted by molar-refractivity contribution is -0.120. The van der Waals surface area contributed by atoms with Gasteiger partial charge in [-0.05, 0) is 68.1 Å². The number of piperidine rings is 1. The first-order valence-corrected chi connectivity index (χ1v) is 11.2. The number of nitrogens with zero attached hydrogens (tertiary/aromatic N) is 2. The molecule has 2 aromatic rings. The maximum atomic E-state index is 13.1. The number of benzene rings is 2. The van der Waals surface area contributed by atoms with Gasteiger partial charge in [0.1, 0.15) is 6.04 Å². The van der Waals surface area contributed by atoms with Gasteiger partial charge in [0.05, 0.1) is 0 Å². The molecule has 1 N–H and O–H groups in total. The third-order valence-electron chi connectivity index (χ3n) is 5.70. The second-order valence-electron chi connectivity index (χ2n) is 7.85. The van der Waals surface area contributed by atoms with Gasteiger partial charge < -0.3 is 15.1 Å². The van der Waals surface area contributed by atoms with E-state index in [0.29, 0.717) is 47.2 Å². The summed E-state index contributed by atoms with van der Waals surface area (Å²) in [5.74, 6) is -0.347. The van der Waals surface area contributed by atoms with Crippen LogP contribution in [0.25, 0.3) is 0 Å². The molecule has 0 aromatic heterocycles. The molecular formula is C23H23Cl2N3O3. The number of anilines is 2. The summed E-state index contributed by atoms with van der Waals surface area (Å²) in [4.78, 5) is 41.4. The number of amides is 3. The Labute approximate surface area is 191 Å². The van der Waals surface area contributed by atoms with Gasteiger partial charge in [-0.25, -0.2) is 0 Å². The molecule has 6 nitrogen and oxygen atoms in total. The summed E-state index contributed by atoms with van der Waals surface area (Å²) in [6, 6.07) is 11.3. The first kappa shape index (κ1) is 21.7. The predicted molar refractivity (Wildman–Crippen MR) is 122 cm³/mol. The van der Waals surface area contributed by atoms with Crippen LogP contribution in [-0.4, -0.2) is 41.8 Å². The number of nitrogens with one attached hydrogen (secondary N) is 1. The van der Waals surface area contributed by atoms with Crippen LogP contribution in [0.5, 0.6) is 0 Å². The van der Waals surface area contributed by atoms with E-state index in [1.165, 1.54) is 0 Å². The van der Waals surface area contributed by atoms with Gasteiger partial charge in [0.25, 0.3) is 5.91 Å². The Morgan fingerprint density at radius 2 is 1.65 bits per heavy atom. The van der Waals surface area contributed by atoms with E-state index >= 15 is 0 Å². The van der Waals surface area contributed by atoms with Gasteiger partial charge in [-0.3, -0.25) is 14.4 Å². The normalized spacial score (nSPS) is 18.9. The molecule has 0 saturated carbocycles. The zero-order chi connectivity index (χ0) is 22.0. The van der Waals surface area contributed by atoms with Crippen LogP contribution in [0.2, 0.25) is 10.0 Å². The van der Waals surface area contributed by atoms with Gasteiger partial charge in [-0.15, -0.1) is 0 Å². The number of halogens is 2. The molecule has 31 heavy (non-hydrogen) atoms. The van der Waals surface area contributed by atoms with Gasteiger partial charge in [-0.2, -0.15) is 0 Å². The molecule has 162 valence electrons. The predicted octanol–water partition coefficient (Wildman–Crippen LogP) is 4.75. The summed E-state index contributed by atoms with van der Waals surface area (Å²) < 4.78 is 0. The van der Waals surface area contributed by atoms with Crippen LogP contribution in [0.15, 0.2) is 42.5 Å². The highest BCUT2D eigenvalue weighted by Gasteiger charge is 2.34. The Hall–Kier alpha value is -2.57. The summed E-state index contributed by atoms with van der Waals surface area (Å²) >= 11 is 12.0. The summed E-state index contributed by atoms with van der Waals surface area (Å²) in [5, 5.41) is 3.66. The Morgan fingerprint density at radius 3 is 2.32 bits per heavy atom. The van der Waals surface area contributed by atoms with Crippen LogP contribution in [0.4, 0.5) is 11.4 Å². The number of carbonyl (C=O) groups excluding carboxylic acids is 3. The third-order valence-corrected chi connectivity index (χ3v) is 6.13. The highest BCUT2D eigenvalue weighted by Crippen LogP contribution is 2.26. The molecule has 0 radical (unpaired) electrons. The van der Waals surface area contributed by atoms with Crippen LogP contribution in [0.1, 0.15) is 42.5 Å². The van der Waals surface area contributed by atoms with Crippen molar-refractivity contribution in [2.75, 3.05) is 23.3 Å². The van der Waals surface area contributed by atoms with Gasteiger partial charge >= 0.3 is 0 Å². The molecule has 2 fully saturated rings. The molecule has 3 amide bonds. The van der Waals surface area contributed by atoms with E-state index in [2.05, 4.69) is 5.32 Å². The zero-order valence-corrected chi connectivity index (χ0v) is 18.5. The standard InChI is InChI=1S/C23H23Cl2N3O3/c24-16-12-17(25)14-18(13-16)26-22(30)20-4-3-11-28(20)23(31)15-6-8-19(9-7-15)27-10-2-1-5-21(27)29/h6-9,12-14,20H,1-5,10-11H2,(H,26,30). The number of likely N-dealkylation sites (tertiary alicyclic amines) is 1. The monoisotopic (exact) mass is 459 g/mol. The van der Waals surface area contributed by atoms with Crippen molar-refractivity contribution >= 4 is 52.3 Å². The van der Waals surface area contributed by atoms with E-state index in [9.17, 15) is 14.4 Å². The molecule has 0 spiro atoms. The number of rotatable bonds is 4. The highest BCUT2D eigenvalue weighted by atomic mass is 35.5. The molecule has 0 bridgehead atoms. The van der Waals surface area contributed by atoms with E-state index in [4.69, 9.17) is 23.2 Å². The van der Waals surface area contributed by atoms with Crippen molar-refractivity contribution in [1.29, 1.82) is 0 Å². The van der Waals surface area contributed by atoms with Gasteiger partial charge in [0.15, 0.2) is 0 Å². The van der Waals surface area contributed by atoms with Crippen molar-refractivity contribution in [3.05, 3.63) is 58.1 Å². The molecule has 2 aromatic carbocycles. The molecule has 2 saturated heterocycles. The van der Waals surface area contributed by atoms with E-state index in [0.717, 1.165) is 24.9 Å². The zero-order valence-electron chi connectivity index (χ0n) is 16.9. The molecule has 1 unspecified atom stereocenters. The Morgan fingerprint density at radius 1 is 0.935 bits per heavy atom. The summed E-state index contributed by atoms with van der Waals surface area (Å²) in [5.41, 5.74) is 1.80. The number of carbonyl (C=O) groups is 3. The lowest BCUT2D eigenvalue weighted by Crippen LogP contribution is -2.43. The maximum absolute atomic E-state index is 13.1. The van der Waals surface area contributed by atoms with Crippen LogP contribution in [0.3, 0.4) is 0 Å². The fraction of sp³-hybridized carbons (Fsp3) is 0.348. The first-order valence-electron chi connectivity index (χ1n) is 10.4. The summed E-state index contributed by atoms with van der Waals surface area (Å²) in [7, 11) is 0. The van der Waals surface area contributed by atoms with Crippen LogP contribution in [0, 0.1) is 0 Å².